The SMILES string of the molecule is Cc1ccc(C#N)cc1NC(=O)C(F)(F)C1(O)CCC1. The highest BCUT2D eigenvalue weighted by Gasteiger charge is 2.61. The summed E-state index contributed by atoms with van der Waals surface area (Å²) < 4.78 is 27.8. The van der Waals surface area contributed by atoms with Gasteiger partial charge in [-0.1, -0.05) is 6.07 Å². The lowest BCUT2D eigenvalue weighted by molar-refractivity contribution is -0.212. The van der Waals surface area contributed by atoms with Gasteiger partial charge in [0.25, 0.3) is 5.91 Å². The van der Waals surface area contributed by atoms with Crippen LogP contribution in [0.15, 0.2) is 18.2 Å². The smallest absolute Gasteiger partial charge is 0.352 e. The lowest BCUT2D eigenvalue weighted by atomic mass is 9.75. The quantitative estimate of drug-likeness (QED) is 0.892. The van der Waals surface area contributed by atoms with Crippen LogP contribution >= 0.6 is 0 Å². The van der Waals surface area contributed by atoms with Gasteiger partial charge in [-0.05, 0) is 43.9 Å². The number of hydrogen-bond acceptors (Lipinski definition) is 3. The van der Waals surface area contributed by atoms with E-state index in [0.717, 1.165) is 0 Å². The highest BCUT2D eigenvalue weighted by molar-refractivity contribution is 5.97. The van der Waals surface area contributed by atoms with Gasteiger partial charge in [0.15, 0.2) is 0 Å². The average Bonchev–Trinajstić information content (AvgIpc) is 2.38. The molecule has 1 aliphatic rings. The summed E-state index contributed by atoms with van der Waals surface area (Å²) >= 11 is 0. The number of aryl methyl sites for hydroxylation is 1. The lowest BCUT2D eigenvalue weighted by Crippen LogP contribution is -2.59. The molecule has 1 saturated carbocycles. The van der Waals surface area contributed by atoms with Crippen molar-refractivity contribution in [1.29, 1.82) is 5.26 Å². The monoisotopic (exact) mass is 280 g/mol. The van der Waals surface area contributed by atoms with E-state index in [1.54, 1.807) is 13.0 Å². The largest absolute Gasteiger partial charge is 0.383 e. The van der Waals surface area contributed by atoms with Gasteiger partial charge in [0.05, 0.1) is 11.6 Å². The van der Waals surface area contributed by atoms with Gasteiger partial charge in [0.1, 0.15) is 5.60 Å². The zero-order valence-corrected chi connectivity index (χ0v) is 10.9. The number of nitrogens with zero attached hydrogens (tertiary/aromatic N) is 1. The van der Waals surface area contributed by atoms with E-state index in [2.05, 4.69) is 5.32 Å². The Labute approximate surface area is 115 Å². The Kier molecular flexibility index (Phi) is 3.48. The van der Waals surface area contributed by atoms with Crippen LogP contribution in [-0.2, 0) is 4.79 Å². The first-order valence-electron chi connectivity index (χ1n) is 6.22. The van der Waals surface area contributed by atoms with Crippen molar-refractivity contribution in [1.82, 2.24) is 0 Å². The number of carbonyl (C=O) groups excluding carboxylic acids is 1. The molecule has 0 aliphatic heterocycles. The number of alkyl halides is 2. The predicted molar refractivity (Wildman–Crippen MR) is 68.3 cm³/mol. The molecule has 0 saturated heterocycles. The molecule has 1 amide bonds. The van der Waals surface area contributed by atoms with E-state index in [1.165, 1.54) is 12.1 Å². The topological polar surface area (TPSA) is 73.1 Å². The molecule has 20 heavy (non-hydrogen) atoms. The molecule has 0 spiro atoms. The molecule has 6 heteroatoms. The van der Waals surface area contributed by atoms with Gasteiger partial charge in [0, 0.05) is 5.69 Å². The molecule has 106 valence electrons. The van der Waals surface area contributed by atoms with Crippen molar-refractivity contribution in [3.05, 3.63) is 29.3 Å². The summed E-state index contributed by atoms with van der Waals surface area (Å²) in [7, 11) is 0. The van der Waals surface area contributed by atoms with Gasteiger partial charge < -0.3 is 10.4 Å². The molecule has 0 unspecified atom stereocenters. The van der Waals surface area contributed by atoms with Crippen LogP contribution < -0.4 is 5.32 Å². The van der Waals surface area contributed by atoms with Crippen LogP contribution in [0.1, 0.15) is 30.4 Å². The van der Waals surface area contributed by atoms with E-state index in [-0.39, 0.29) is 24.1 Å². The second-order valence-corrected chi connectivity index (χ2v) is 5.06. The number of amides is 1. The van der Waals surface area contributed by atoms with Gasteiger partial charge in [-0.25, -0.2) is 0 Å². The minimum absolute atomic E-state index is 0.0926. The first-order valence-corrected chi connectivity index (χ1v) is 6.22. The maximum absolute atomic E-state index is 13.9. The second kappa shape index (κ2) is 4.84. The number of anilines is 1. The Morgan fingerprint density at radius 2 is 2.15 bits per heavy atom. The van der Waals surface area contributed by atoms with E-state index >= 15 is 0 Å². The Morgan fingerprint density at radius 1 is 1.50 bits per heavy atom. The number of rotatable bonds is 3. The fraction of sp³-hybridized carbons (Fsp3) is 0.429. The molecule has 0 heterocycles. The number of nitriles is 1. The third-order valence-corrected chi connectivity index (χ3v) is 3.67. The van der Waals surface area contributed by atoms with Crippen LogP contribution in [0.5, 0.6) is 0 Å². The van der Waals surface area contributed by atoms with Gasteiger partial charge in [-0.2, -0.15) is 14.0 Å². The fourth-order valence-corrected chi connectivity index (χ4v) is 2.06. The summed E-state index contributed by atoms with van der Waals surface area (Å²) in [6, 6.07) is 6.29. The summed E-state index contributed by atoms with van der Waals surface area (Å²) in [5, 5.41) is 20.6. The summed E-state index contributed by atoms with van der Waals surface area (Å²) in [5.74, 6) is -5.39. The third-order valence-electron chi connectivity index (χ3n) is 3.67. The zero-order chi connectivity index (χ0) is 15.0. The van der Waals surface area contributed by atoms with E-state index in [1.807, 2.05) is 6.07 Å². The molecule has 1 aliphatic carbocycles. The van der Waals surface area contributed by atoms with Crippen LogP contribution in [0, 0.1) is 18.3 Å². The molecule has 1 fully saturated rings. The van der Waals surface area contributed by atoms with Crippen LogP contribution in [0.2, 0.25) is 0 Å². The average molecular weight is 280 g/mol. The third kappa shape index (κ3) is 2.25. The number of benzene rings is 1. The molecule has 4 nitrogen and oxygen atoms in total. The lowest BCUT2D eigenvalue weighted by Gasteiger charge is -2.41. The van der Waals surface area contributed by atoms with Gasteiger partial charge in [-0.15, -0.1) is 0 Å². The van der Waals surface area contributed by atoms with Crippen molar-refractivity contribution in [2.45, 2.75) is 37.7 Å². The number of aliphatic hydroxyl groups is 1. The first-order chi connectivity index (χ1) is 9.30. The Morgan fingerprint density at radius 3 is 2.65 bits per heavy atom. The van der Waals surface area contributed by atoms with Crippen LogP contribution in [0.3, 0.4) is 0 Å². The minimum atomic E-state index is -3.85. The molecule has 0 bridgehead atoms. The van der Waals surface area contributed by atoms with Crippen molar-refractivity contribution in [3.63, 3.8) is 0 Å². The van der Waals surface area contributed by atoms with E-state index in [0.29, 0.717) is 12.0 Å². The highest BCUT2D eigenvalue weighted by atomic mass is 19.3. The molecule has 2 rings (SSSR count). The van der Waals surface area contributed by atoms with Crippen molar-refractivity contribution < 1.29 is 18.7 Å². The number of carbonyl (C=O) groups is 1. The molecule has 0 radical (unpaired) electrons. The number of hydrogen-bond donors (Lipinski definition) is 2. The van der Waals surface area contributed by atoms with Gasteiger partial charge in [0.2, 0.25) is 0 Å². The second-order valence-electron chi connectivity index (χ2n) is 5.06. The van der Waals surface area contributed by atoms with Gasteiger partial charge in [-0.3, -0.25) is 4.79 Å². The number of nitrogens with one attached hydrogen (secondary N) is 1. The zero-order valence-electron chi connectivity index (χ0n) is 10.9. The fourth-order valence-electron chi connectivity index (χ4n) is 2.06. The summed E-state index contributed by atoms with van der Waals surface area (Å²) in [4.78, 5) is 11.7. The van der Waals surface area contributed by atoms with Crippen LogP contribution in [0.25, 0.3) is 0 Å². The summed E-state index contributed by atoms with van der Waals surface area (Å²) in [6.07, 6.45) is 0.289. The molecule has 0 aromatic heterocycles. The Hall–Kier alpha value is -2.00. The molecule has 1 aromatic rings. The maximum atomic E-state index is 13.9. The van der Waals surface area contributed by atoms with E-state index in [4.69, 9.17) is 5.26 Å². The predicted octanol–water partition coefficient (Wildman–Crippen LogP) is 2.36. The minimum Gasteiger partial charge on any atom is -0.383 e. The van der Waals surface area contributed by atoms with Crippen molar-refractivity contribution in [2.75, 3.05) is 5.32 Å². The van der Waals surface area contributed by atoms with Crippen molar-refractivity contribution in [3.8, 4) is 6.07 Å². The van der Waals surface area contributed by atoms with E-state index in [9.17, 15) is 18.7 Å². The molecular weight excluding hydrogens is 266 g/mol. The molecule has 1 aromatic carbocycles. The van der Waals surface area contributed by atoms with Crippen molar-refractivity contribution >= 4 is 11.6 Å². The van der Waals surface area contributed by atoms with Crippen molar-refractivity contribution in [2.24, 2.45) is 0 Å². The maximum Gasteiger partial charge on any atom is 0.352 e. The number of halogens is 2. The normalized spacial score (nSPS) is 16.9. The molecular formula is C14H14F2N2O2. The Balaban J connectivity index is 2.22. The van der Waals surface area contributed by atoms with Gasteiger partial charge >= 0.3 is 5.92 Å². The van der Waals surface area contributed by atoms with Crippen LogP contribution in [-0.4, -0.2) is 22.5 Å². The molecule has 2 N–H and O–H groups in total. The summed E-state index contributed by atoms with van der Waals surface area (Å²) in [6.45, 7) is 1.63. The first kappa shape index (κ1) is 14.4. The molecule has 0 atom stereocenters. The standard InChI is InChI=1S/C14H14F2N2O2/c1-9-3-4-10(8-17)7-11(9)18-12(19)14(15,16)13(20)5-2-6-13/h3-4,7,20H,2,5-6H2,1H3,(H,18,19). The van der Waals surface area contributed by atoms with Crippen LogP contribution in [0.4, 0.5) is 14.5 Å². The highest BCUT2D eigenvalue weighted by Crippen LogP contribution is 2.44. The Bertz CT molecular complexity index is 589. The summed E-state index contributed by atoms with van der Waals surface area (Å²) in [5.41, 5.74) is -1.28. The van der Waals surface area contributed by atoms with E-state index < -0.39 is 17.4 Å².